The van der Waals surface area contributed by atoms with Crippen LogP contribution in [0.2, 0.25) is 0 Å². The molecule has 6 nitrogen and oxygen atoms in total. The van der Waals surface area contributed by atoms with Crippen LogP contribution in [0.4, 0.5) is 0 Å². The zero-order chi connectivity index (χ0) is 20.4. The van der Waals surface area contributed by atoms with Crippen molar-refractivity contribution in [3.8, 4) is 0 Å². The minimum absolute atomic E-state index is 0.138. The second-order valence-corrected chi connectivity index (χ2v) is 8.65. The van der Waals surface area contributed by atoms with Crippen LogP contribution in [0.1, 0.15) is 26.7 Å². The largest absolute Gasteiger partial charge is 0.468 e. The van der Waals surface area contributed by atoms with Crippen molar-refractivity contribution in [3.05, 3.63) is 64.0 Å². The highest BCUT2D eigenvalue weighted by atomic mass is 32.1. The molecule has 1 aliphatic heterocycles. The van der Waals surface area contributed by atoms with Gasteiger partial charge in [0.1, 0.15) is 11.7 Å². The molecule has 7 heteroatoms. The van der Waals surface area contributed by atoms with Gasteiger partial charge in [-0.3, -0.25) is 14.5 Å². The van der Waals surface area contributed by atoms with E-state index in [0.29, 0.717) is 25.2 Å². The van der Waals surface area contributed by atoms with Crippen LogP contribution in [-0.4, -0.2) is 47.5 Å². The highest BCUT2D eigenvalue weighted by Crippen LogP contribution is 2.25. The third-order valence-electron chi connectivity index (χ3n) is 5.20. The number of esters is 1. The van der Waals surface area contributed by atoms with E-state index in [1.54, 1.807) is 17.4 Å². The molecule has 1 N–H and O–H groups in total. The third-order valence-corrected chi connectivity index (χ3v) is 6.18. The van der Waals surface area contributed by atoms with E-state index in [1.165, 1.54) is 16.9 Å². The van der Waals surface area contributed by atoms with E-state index in [1.807, 2.05) is 30.3 Å². The predicted molar refractivity (Wildman–Crippen MR) is 113 cm³/mol. The number of nitrogens with one attached hydrogen (secondary N) is 1. The van der Waals surface area contributed by atoms with Crippen LogP contribution in [0.15, 0.2) is 48.5 Å². The van der Waals surface area contributed by atoms with E-state index in [2.05, 4.69) is 34.3 Å². The Kier molecular flexibility index (Phi) is 5.60. The van der Waals surface area contributed by atoms with E-state index < -0.39 is 0 Å². The van der Waals surface area contributed by atoms with Crippen LogP contribution in [0, 0.1) is 6.92 Å². The summed E-state index contributed by atoms with van der Waals surface area (Å²) in [7, 11) is 1.40. The van der Waals surface area contributed by atoms with Gasteiger partial charge in [0.15, 0.2) is 0 Å². The zero-order valence-electron chi connectivity index (χ0n) is 16.4. The van der Waals surface area contributed by atoms with Gasteiger partial charge in [-0.1, -0.05) is 24.3 Å². The van der Waals surface area contributed by atoms with Gasteiger partial charge in [0.25, 0.3) is 5.91 Å². The molecular formula is C22H23N3O3S. The number of methoxy groups -OCH3 is 1. The molecule has 4 rings (SSSR count). The number of thiophene rings is 1. The average molecular weight is 410 g/mol. The molecule has 29 heavy (non-hydrogen) atoms. The Morgan fingerprint density at radius 2 is 2.03 bits per heavy atom. The van der Waals surface area contributed by atoms with Gasteiger partial charge in [0.05, 0.1) is 12.6 Å². The molecule has 0 radical (unpaired) electrons. The number of hydrogen-bond donors (Lipinski definition) is 1. The van der Waals surface area contributed by atoms with Gasteiger partial charge >= 0.3 is 5.97 Å². The predicted octanol–water partition coefficient (Wildman–Crippen LogP) is 3.15. The molecule has 1 aromatic carbocycles. The van der Waals surface area contributed by atoms with E-state index in [4.69, 9.17) is 4.74 Å². The molecule has 0 aliphatic carbocycles. The first-order chi connectivity index (χ1) is 14.0. The molecule has 3 heterocycles. The summed E-state index contributed by atoms with van der Waals surface area (Å²) >= 11 is 1.72. The first kappa shape index (κ1) is 19.5. The maximum atomic E-state index is 12.8. The molecule has 2 aromatic heterocycles. The number of likely N-dealkylation sites (tertiary alicyclic amines) is 1. The summed E-state index contributed by atoms with van der Waals surface area (Å²) in [6.45, 7) is 3.32. The molecule has 0 spiro atoms. The van der Waals surface area contributed by atoms with Gasteiger partial charge in [0, 0.05) is 34.3 Å². The summed E-state index contributed by atoms with van der Waals surface area (Å²) in [5.74, 6) is -0.489. The van der Waals surface area contributed by atoms with Gasteiger partial charge in [-0.2, -0.15) is 0 Å². The number of ether oxygens (including phenoxy) is 1. The molecule has 1 aliphatic rings. The van der Waals surface area contributed by atoms with Crippen molar-refractivity contribution in [1.82, 2.24) is 15.2 Å². The number of pyridine rings is 1. The number of nitrogens with zero attached hydrogens (tertiary/aromatic N) is 2. The Morgan fingerprint density at radius 1 is 1.21 bits per heavy atom. The smallest absolute Gasteiger partial charge is 0.323 e. The number of aryl methyl sites for hydroxylation is 1. The van der Waals surface area contributed by atoms with Crippen LogP contribution in [0.3, 0.4) is 0 Å². The molecule has 3 aromatic rings. The molecule has 1 fully saturated rings. The zero-order valence-corrected chi connectivity index (χ0v) is 17.2. The fourth-order valence-corrected chi connectivity index (χ4v) is 4.70. The second kappa shape index (κ2) is 8.31. The Labute approximate surface area is 173 Å². The Balaban J connectivity index is 1.47. The van der Waals surface area contributed by atoms with Crippen molar-refractivity contribution in [2.24, 2.45) is 0 Å². The van der Waals surface area contributed by atoms with Crippen LogP contribution in [0.5, 0.6) is 0 Å². The minimum atomic E-state index is -0.364. The van der Waals surface area contributed by atoms with Crippen molar-refractivity contribution >= 4 is 34.1 Å². The number of para-hydroxylation sites is 1. The van der Waals surface area contributed by atoms with Crippen LogP contribution < -0.4 is 5.32 Å². The van der Waals surface area contributed by atoms with Gasteiger partial charge in [0.2, 0.25) is 0 Å². The highest BCUT2D eigenvalue weighted by molar-refractivity contribution is 7.11. The van der Waals surface area contributed by atoms with E-state index >= 15 is 0 Å². The number of carbonyl (C=O) groups excluding carboxylic acids is 2. The molecule has 1 amide bonds. The Hall–Kier alpha value is -2.77. The minimum Gasteiger partial charge on any atom is -0.468 e. The van der Waals surface area contributed by atoms with Crippen molar-refractivity contribution in [2.75, 3.05) is 13.7 Å². The van der Waals surface area contributed by atoms with Crippen molar-refractivity contribution in [2.45, 2.75) is 32.0 Å². The Bertz CT molecular complexity index is 1050. The first-order valence-electron chi connectivity index (χ1n) is 9.57. The lowest BCUT2D eigenvalue weighted by Gasteiger charge is -2.21. The van der Waals surface area contributed by atoms with Gasteiger partial charge in [-0.05, 0) is 37.6 Å². The third kappa shape index (κ3) is 4.31. The summed E-state index contributed by atoms with van der Waals surface area (Å²) in [4.78, 5) is 34.0. The maximum absolute atomic E-state index is 12.8. The van der Waals surface area contributed by atoms with E-state index in [0.717, 1.165) is 10.9 Å². The van der Waals surface area contributed by atoms with E-state index in [9.17, 15) is 9.59 Å². The summed E-state index contributed by atoms with van der Waals surface area (Å²) in [5, 5.41) is 4.04. The number of rotatable bonds is 5. The molecule has 1 saturated heterocycles. The number of carbonyl (C=O) groups is 2. The lowest BCUT2D eigenvalue weighted by molar-refractivity contribution is -0.146. The van der Waals surface area contributed by atoms with Crippen molar-refractivity contribution in [1.29, 1.82) is 0 Å². The SMILES string of the molecule is COC(=O)[C@@H]1C[C@@H](NC(=O)c2ccc3ccccc3n2)CN1Cc1ccc(C)s1. The fraction of sp³-hybridized carbons (Fsp3) is 0.318. The number of amides is 1. The van der Waals surface area contributed by atoms with Crippen molar-refractivity contribution in [3.63, 3.8) is 0 Å². The van der Waals surface area contributed by atoms with Gasteiger partial charge < -0.3 is 10.1 Å². The maximum Gasteiger partial charge on any atom is 0.323 e. The number of benzene rings is 1. The first-order valence-corrected chi connectivity index (χ1v) is 10.4. The van der Waals surface area contributed by atoms with Crippen LogP contribution >= 0.6 is 11.3 Å². The van der Waals surface area contributed by atoms with Crippen molar-refractivity contribution < 1.29 is 14.3 Å². The molecule has 2 atom stereocenters. The van der Waals surface area contributed by atoms with Crippen LogP contribution in [0.25, 0.3) is 10.9 Å². The van der Waals surface area contributed by atoms with Gasteiger partial charge in [-0.25, -0.2) is 4.98 Å². The second-order valence-electron chi connectivity index (χ2n) is 7.28. The summed E-state index contributed by atoms with van der Waals surface area (Å²) in [5.41, 5.74) is 1.17. The summed E-state index contributed by atoms with van der Waals surface area (Å²) < 4.78 is 4.99. The molecular weight excluding hydrogens is 386 g/mol. The molecule has 0 bridgehead atoms. The fourth-order valence-electron chi connectivity index (χ4n) is 3.79. The molecule has 0 unspecified atom stereocenters. The topological polar surface area (TPSA) is 71.5 Å². The lowest BCUT2D eigenvalue weighted by atomic mass is 10.1. The number of fused-ring (bicyclic) bond motifs is 1. The Morgan fingerprint density at radius 3 is 2.79 bits per heavy atom. The normalized spacial score (nSPS) is 19.4. The molecule has 150 valence electrons. The van der Waals surface area contributed by atoms with Gasteiger partial charge in [-0.15, -0.1) is 11.3 Å². The summed E-state index contributed by atoms with van der Waals surface area (Å²) in [6, 6.07) is 15.0. The standard InChI is InChI=1S/C22H23N3O3S/c1-14-7-9-17(29-14)13-25-12-16(11-20(25)22(27)28-2)23-21(26)19-10-8-15-5-3-4-6-18(15)24-19/h3-10,16,20H,11-13H2,1-2H3,(H,23,26)/t16-,20+/m1/s1. The lowest BCUT2D eigenvalue weighted by Crippen LogP contribution is -2.37. The quantitative estimate of drug-likeness (QED) is 0.656. The average Bonchev–Trinajstić information content (AvgIpc) is 3.32. The summed E-state index contributed by atoms with van der Waals surface area (Å²) in [6.07, 6.45) is 0.524. The molecule has 0 saturated carbocycles. The number of hydrogen-bond acceptors (Lipinski definition) is 6. The number of aromatic nitrogens is 1. The monoisotopic (exact) mass is 409 g/mol. The highest BCUT2D eigenvalue weighted by Gasteiger charge is 2.38. The van der Waals surface area contributed by atoms with Crippen LogP contribution in [-0.2, 0) is 16.1 Å². The van der Waals surface area contributed by atoms with E-state index in [-0.39, 0.29) is 24.0 Å².